The fourth-order valence-corrected chi connectivity index (χ4v) is 4.10. The van der Waals surface area contributed by atoms with Gasteiger partial charge in [-0.25, -0.2) is 0 Å². The van der Waals surface area contributed by atoms with Crippen LogP contribution in [0.3, 0.4) is 0 Å². The Bertz CT molecular complexity index is 572. The third-order valence-corrected chi connectivity index (χ3v) is 5.52. The second-order valence-corrected chi connectivity index (χ2v) is 7.19. The van der Waals surface area contributed by atoms with Gasteiger partial charge in [-0.1, -0.05) is 43.2 Å². The number of benzene rings is 1. The molecule has 130 valence electrons. The molecule has 1 saturated heterocycles. The van der Waals surface area contributed by atoms with E-state index in [1.54, 1.807) is 0 Å². The predicted octanol–water partition coefficient (Wildman–Crippen LogP) is 3.19. The van der Waals surface area contributed by atoms with E-state index in [1.165, 1.54) is 0 Å². The van der Waals surface area contributed by atoms with Gasteiger partial charge in [-0.3, -0.25) is 9.59 Å². The summed E-state index contributed by atoms with van der Waals surface area (Å²) in [4.78, 5) is 27.0. The largest absolute Gasteiger partial charge is 0.393 e. The lowest BCUT2D eigenvalue weighted by Gasteiger charge is -2.30. The van der Waals surface area contributed by atoms with E-state index in [1.807, 2.05) is 35.2 Å². The number of amides is 1. The number of carbonyl (C=O) groups is 2. The molecule has 0 aromatic heterocycles. The van der Waals surface area contributed by atoms with Crippen molar-refractivity contribution in [3.8, 4) is 0 Å². The van der Waals surface area contributed by atoms with Crippen LogP contribution in [0.1, 0.15) is 61.7 Å². The Balaban J connectivity index is 1.58. The van der Waals surface area contributed by atoms with E-state index < -0.39 is 0 Å². The van der Waals surface area contributed by atoms with Crippen molar-refractivity contribution in [2.45, 2.75) is 63.5 Å². The average molecular weight is 329 g/mol. The maximum absolute atomic E-state index is 12.7. The summed E-state index contributed by atoms with van der Waals surface area (Å²) in [5.41, 5.74) is 0.722. The highest BCUT2D eigenvalue weighted by atomic mass is 16.3. The van der Waals surface area contributed by atoms with Gasteiger partial charge in [0.2, 0.25) is 5.91 Å². The van der Waals surface area contributed by atoms with E-state index in [0.29, 0.717) is 12.8 Å². The molecule has 1 aliphatic heterocycles. The summed E-state index contributed by atoms with van der Waals surface area (Å²) in [6.07, 6.45) is 6.27. The van der Waals surface area contributed by atoms with Crippen LogP contribution in [0.4, 0.5) is 0 Å². The zero-order valence-corrected chi connectivity index (χ0v) is 14.2. The smallest absolute Gasteiger partial charge is 0.223 e. The molecule has 1 heterocycles. The van der Waals surface area contributed by atoms with Crippen molar-refractivity contribution < 1.29 is 14.7 Å². The molecule has 4 heteroatoms. The summed E-state index contributed by atoms with van der Waals surface area (Å²) < 4.78 is 0. The second kappa shape index (κ2) is 7.93. The summed E-state index contributed by atoms with van der Waals surface area (Å²) >= 11 is 0. The summed E-state index contributed by atoms with van der Waals surface area (Å²) in [5, 5.41) is 10.1. The summed E-state index contributed by atoms with van der Waals surface area (Å²) in [7, 11) is 0. The van der Waals surface area contributed by atoms with Crippen LogP contribution in [0, 0.1) is 5.92 Å². The van der Waals surface area contributed by atoms with Crippen LogP contribution in [0.2, 0.25) is 0 Å². The number of hydrogen-bond donors (Lipinski definition) is 1. The Hall–Kier alpha value is -1.68. The van der Waals surface area contributed by atoms with E-state index in [-0.39, 0.29) is 29.8 Å². The van der Waals surface area contributed by atoms with Crippen molar-refractivity contribution >= 4 is 11.7 Å². The number of carbonyl (C=O) groups excluding carboxylic acids is 2. The molecule has 3 rings (SSSR count). The highest BCUT2D eigenvalue weighted by Gasteiger charge is 2.33. The molecule has 1 saturated carbocycles. The SMILES string of the molecule is O=C(C[C@@H]1CCCN1C(=O)C[C@@H]1CCCC[C@H]1O)c1ccccc1. The highest BCUT2D eigenvalue weighted by Crippen LogP contribution is 2.30. The molecule has 1 aromatic carbocycles. The van der Waals surface area contributed by atoms with E-state index >= 15 is 0 Å². The Kier molecular flexibility index (Phi) is 5.67. The van der Waals surface area contributed by atoms with E-state index in [9.17, 15) is 14.7 Å². The molecule has 4 nitrogen and oxygen atoms in total. The van der Waals surface area contributed by atoms with Gasteiger partial charge in [-0.05, 0) is 31.6 Å². The molecule has 1 N–H and O–H groups in total. The van der Waals surface area contributed by atoms with Crippen LogP contribution >= 0.6 is 0 Å². The lowest BCUT2D eigenvalue weighted by Crippen LogP contribution is -2.39. The maximum atomic E-state index is 12.7. The maximum Gasteiger partial charge on any atom is 0.223 e. The summed E-state index contributed by atoms with van der Waals surface area (Å²) in [5.74, 6) is 0.319. The van der Waals surface area contributed by atoms with Gasteiger partial charge in [0.15, 0.2) is 5.78 Å². The first kappa shape index (κ1) is 17.2. The van der Waals surface area contributed by atoms with Crippen LogP contribution in [-0.4, -0.2) is 40.4 Å². The number of aliphatic hydroxyl groups excluding tert-OH is 1. The summed E-state index contributed by atoms with van der Waals surface area (Å²) in [6.45, 7) is 0.744. The van der Waals surface area contributed by atoms with Crippen molar-refractivity contribution in [3.05, 3.63) is 35.9 Å². The molecule has 0 bridgehead atoms. The third-order valence-electron chi connectivity index (χ3n) is 5.52. The van der Waals surface area contributed by atoms with Gasteiger partial charge in [0.1, 0.15) is 0 Å². The quantitative estimate of drug-likeness (QED) is 0.844. The Labute approximate surface area is 143 Å². The average Bonchev–Trinajstić information content (AvgIpc) is 3.06. The minimum absolute atomic E-state index is 0.0194. The first-order chi connectivity index (χ1) is 11.6. The number of ketones is 1. The van der Waals surface area contributed by atoms with Gasteiger partial charge in [-0.2, -0.15) is 0 Å². The van der Waals surface area contributed by atoms with Gasteiger partial charge >= 0.3 is 0 Å². The minimum Gasteiger partial charge on any atom is -0.393 e. The minimum atomic E-state index is -0.338. The highest BCUT2D eigenvalue weighted by molar-refractivity contribution is 5.96. The molecule has 1 amide bonds. The Morgan fingerprint density at radius 1 is 1.00 bits per heavy atom. The van der Waals surface area contributed by atoms with E-state index in [0.717, 1.165) is 50.6 Å². The fourth-order valence-electron chi connectivity index (χ4n) is 4.10. The third kappa shape index (κ3) is 4.04. The molecule has 3 atom stereocenters. The molecular formula is C20H27NO3. The fraction of sp³-hybridized carbons (Fsp3) is 0.600. The van der Waals surface area contributed by atoms with Gasteiger partial charge in [0.05, 0.1) is 6.10 Å². The number of likely N-dealkylation sites (tertiary alicyclic amines) is 1. The van der Waals surface area contributed by atoms with Crippen molar-refractivity contribution in [3.63, 3.8) is 0 Å². The number of rotatable bonds is 5. The molecule has 1 aromatic rings. The first-order valence-corrected chi connectivity index (χ1v) is 9.21. The number of Topliss-reactive ketones (excluding diaryl/α,β-unsaturated/α-hetero) is 1. The predicted molar refractivity (Wildman–Crippen MR) is 92.7 cm³/mol. The molecule has 0 unspecified atom stereocenters. The van der Waals surface area contributed by atoms with E-state index in [2.05, 4.69) is 0 Å². The van der Waals surface area contributed by atoms with Crippen LogP contribution in [0.5, 0.6) is 0 Å². The van der Waals surface area contributed by atoms with Crippen molar-refractivity contribution in [2.24, 2.45) is 5.92 Å². The molecule has 0 radical (unpaired) electrons. The Morgan fingerprint density at radius 2 is 1.75 bits per heavy atom. The topological polar surface area (TPSA) is 57.6 Å². The van der Waals surface area contributed by atoms with Crippen molar-refractivity contribution in [1.82, 2.24) is 4.90 Å². The van der Waals surface area contributed by atoms with Crippen LogP contribution < -0.4 is 0 Å². The first-order valence-electron chi connectivity index (χ1n) is 9.21. The van der Waals surface area contributed by atoms with Crippen LogP contribution in [0.15, 0.2) is 30.3 Å². The number of aliphatic hydroxyl groups is 1. The molecule has 2 aliphatic rings. The van der Waals surface area contributed by atoms with Gasteiger partial charge < -0.3 is 10.0 Å². The standard InChI is InChI=1S/C20H27NO3/c22-18-11-5-4-9-16(18)13-20(24)21-12-6-10-17(21)14-19(23)15-7-2-1-3-8-15/h1-3,7-8,16-18,22H,4-6,9-14H2/t16-,17-,18+/m0/s1. The monoisotopic (exact) mass is 329 g/mol. The molecule has 1 aliphatic carbocycles. The molecule has 24 heavy (non-hydrogen) atoms. The zero-order chi connectivity index (χ0) is 16.9. The zero-order valence-electron chi connectivity index (χ0n) is 14.2. The Morgan fingerprint density at radius 3 is 2.50 bits per heavy atom. The van der Waals surface area contributed by atoms with Crippen LogP contribution in [0.25, 0.3) is 0 Å². The van der Waals surface area contributed by atoms with Crippen molar-refractivity contribution in [2.75, 3.05) is 6.54 Å². The molecule has 0 spiro atoms. The lowest BCUT2D eigenvalue weighted by molar-refractivity contribution is -0.134. The second-order valence-electron chi connectivity index (χ2n) is 7.19. The van der Waals surface area contributed by atoms with Crippen LogP contribution in [-0.2, 0) is 4.79 Å². The summed E-state index contributed by atoms with van der Waals surface area (Å²) in [6, 6.07) is 9.33. The van der Waals surface area contributed by atoms with Gasteiger partial charge in [0.25, 0.3) is 0 Å². The normalized spacial score (nSPS) is 27.2. The molecule has 2 fully saturated rings. The van der Waals surface area contributed by atoms with Gasteiger partial charge in [-0.15, -0.1) is 0 Å². The molecular weight excluding hydrogens is 302 g/mol. The lowest BCUT2D eigenvalue weighted by atomic mass is 9.84. The van der Waals surface area contributed by atoms with Gasteiger partial charge in [0, 0.05) is 31.0 Å². The number of nitrogens with zero attached hydrogens (tertiary/aromatic N) is 1. The number of hydrogen-bond acceptors (Lipinski definition) is 3. The van der Waals surface area contributed by atoms with E-state index in [4.69, 9.17) is 0 Å². The van der Waals surface area contributed by atoms with Crippen molar-refractivity contribution in [1.29, 1.82) is 0 Å².